The van der Waals surface area contributed by atoms with E-state index in [1.807, 2.05) is 0 Å². The summed E-state index contributed by atoms with van der Waals surface area (Å²) in [4.78, 5) is 25.2. The third-order valence-corrected chi connectivity index (χ3v) is 5.01. The number of benzene rings is 1. The molecule has 1 saturated carbocycles. The molecule has 0 radical (unpaired) electrons. The van der Waals surface area contributed by atoms with E-state index in [1.54, 1.807) is 24.3 Å². The van der Waals surface area contributed by atoms with Crippen LogP contribution in [0.15, 0.2) is 24.3 Å². The summed E-state index contributed by atoms with van der Waals surface area (Å²) in [5, 5.41) is 10.5. The van der Waals surface area contributed by atoms with Crippen molar-refractivity contribution >= 4 is 11.6 Å². The zero-order valence-electron chi connectivity index (χ0n) is 11.1. The van der Waals surface area contributed by atoms with Crippen LogP contribution in [0.2, 0.25) is 0 Å². The van der Waals surface area contributed by atoms with Crippen molar-refractivity contribution in [2.75, 3.05) is 0 Å². The van der Waals surface area contributed by atoms with Crippen LogP contribution in [0.1, 0.15) is 52.8 Å². The molecule has 1 saturated heterocycles. The molecular weight excluding hydrogens is 256 g/mol. The minimum Gasteiger partial charge on any atom is -0.357 e. The zero-order chi connectivity index (χ0) is 14.0. The van der Waals surface area contributed by atoms with Gasteiger partial charge in [0.1, 0.15) is 0 Å². The number of aliphatic hydroxyl groups is 1. The average Bonchev–Trinajstić information content (AvgIpc) is 3.16. The molecule has 4 nitrogen and oxygen atoms in total. The van der Waals surface area contributed by atoms with Gasteiger partial charge in [-0.1, -0.05) is 43.5 Å². The van der Waals surface area contributed by atoms with Gasteiger partial charge in [0.2, 0.25) is 11.6 Å². The second kappa shape index (κ2) is 3.77. The fourth-order valence-electron chi connectivity index (χ4n) is 3.94. The first-order valence-corrected chi connectivity index (χ1v) is 7.22. The molecule has 0 aromatic heterocycles. The summed E-state index contributed by atoms with van der Waals surface area (Å²) in [5.74, 6) is -2.65. The first-order chi connectivity index (χ1) is 9.61. The summed E-state index contributed by atoms with van der Waals surface area (Å²) in [6.07, 6.45) is 4.86. The molecule has 4 rings (SSSR count). The highest BCUT2D eigenvalue weighted by atomic mass is 16.8. The number of rotatable bonds is 1. The molecule has 0 amide bonds. The van der Waals surface area contributed by atoms with Crippen molar-refractivity contribution < 1.29 is 19.4 Å². The Kier molecular flexibility index (Phi) is 2.31. The number of ether oxygens (including phenoxy) is 1. The van der Waals surface area contributed by atoms with Crippen molar-refractivity contribution in [3.8, 4) is 0 Å². The van der Waals surface area contributed by atoms with E-state index < -0.39 is 17.2 Å². The standard InChI is InChI=1S/C16H16O4/c17-13-11-8-4-5-9-12(11)14(18)16(19)15(13,20-16)10-6-2-1-3-7-10/h4-5,8-10,19H,1-3,6-7H2/t15-,16-/m0/s1. The summed E-state index contributed by atoms with van der Waals surface area (Å²) in [6.45, 7) is 0. The third-order valence-electron chi connectivity index (χ3n) is 5.01. The maximum Gasteiger partial charge on any atom is 0.270 e. The summed E-state index contributed by atoms with van der Waals surface area (Å²) >= 11 is 0. The second-order valence-corrected chi connectivity index (χ2v) is 6.02. The van der Waals surface area contributed by atoms with E-state index in [9.17, 15) is 14.7 Å². The van der Waals surface area contributed by atoms with Crippen molar-refractivity contribution in [2.24, 2.45) is 5.92 Å². The monoisotopic (exact) mass is 272 g/mol. The number of carbonyl (C=O) groups excluding carboxylic acids is 2. The minimum atomic E-state index is -1.92. The van der Waals surface area contributed by atoms with E-state index in [4.69, 9.17) is 4.74 Å². The van der Waals surface area contributed by atoms with Crippen molar-refractivity contribution in [3.63, 3.8) is 0 Å². The summed E-state index contributed by atoms with van der Waals surface area (Å²) < 4.78 is 5.46. The van der Waals surface area contributed by atoms with E-state index in [1.165, 1.54) is 0 Å². The number of epoxide rings is 1. The molecule has 20 heavy (non-hydrogen) atoms. The van der Waals surface area contributed by atoms with Crippen LogP contribution in [0.3, 0.4) is 0 Å². The first-order valence-electron chi connectivity index (χ1n) is 7.22. The largest absolute Gasteiger partial charge is 0.357 e. The molecule has 104 valence electrons. The molecule has 0 bridgehead atoms. The maximum atomic E-state index is 12.8. The van der Waals surface area contributed by atoms with Gasteiger partial charge >= 0.3 is 0 Å². The van der Waals surface area contributed by atoms with Gasteiger partial charge in [-0.05, 0) is 12.8 Å². The smallest absolute Gasteiger partial charge is 0.270 e. The summed E-state index contributed by atoms with van der Waals surface area (Å²) in [6, 6.07) is 6.68. The lowest BCUT2D eigenvalue weighted by Crippen LogP contribution is -2.49. The van der Waals surface area contributed by atoms with Crippen LogP contribution in [0.5, 0.6) is 0 Å². The molecule has 3 aliphatic rings. The second-order valence-electron chi connectivity index (χ2n) is 6.02. The Hall–Kier alpha value is -1.52. The van der Waals surface area contributed by atoms with Crippen LogP contribution >= 0.6 is 0 Å². The molecule has 0 spiro atoms. The Balaban J connectivity index is 1.84. The van der Waals surface area contributed by atoms with E-state index in [0.717, 1.165) is 32.1 Å². The van der Waals surface area contributed by atoms with Gasteiger partial charge in [-0.2, -0.15) is 0 Å². The quantitative estimate of drug-likeness (QED) is 0.795. The highest BCUT2D eigenvalue weighted by Crippen LogP contribution is 2.60. The summed E-state index contributed by atoms with van der Waals surface area (Å²) in [7, 11) is 0. The maximum absolute atomic E-state index is 12.8. The SMILES string of the molecule is O=C1c2ccccc2C(=O)[C@]2(C3CCCCC3)O[C@@]12O. The Labute approximate surface area is 116 Å². The molecule has 1 aromatic rings. The van der Waals surface area contributed by atoms with Crippen LogP contribution in [-0.2, 0) is 4.74 Å². The topological polar surface area (TPSA) is 66.9 Å². The molecule has 4 heteroatoms. The first kappa shape index (κ1) is 12.2. The molecule has 0 unspecified atom stereocenters. The van der Waals surface area contributed by atoms with E-state index >= 15 is 0 Å². The van der Waals surface area contributed by atoms with Crippen molar-refractivity contribution in [1.82, 2.24) is 0 Å². The van der Waals surface area contributed by atoms with Crippen LogP contribution in [-0.4, -0.2) is 28.1 Å². The average molecular weight is 272 g/mol. The highest BCUT2D eigenvalue weighted by molar-refractivity contribution is 6.24. The van der Waals surface area contributed by atoms with Gasteiger partial charge in [0.05, 0.1) is 0 Å². The molecule has 2 atom stereocenters. The Morgan fingerprint density at radius 2 is 1.60 bits per heavy atom. The number of hydrogen-bond donors (Lipinski definition) is 1. The van der Waals surface area contributed by atoms with Gasteiger partial charge in [-0.15, -0.1) is 0 Å². The van der Waals surface area contributed by atoms with Gasteiger partial charge in [0, 0.05) is 17.0 Å². The number of carbonyl (C=O) groups is 2. The number of hydrogen-bond acceptors (Lipinski definition) is 4. The van der Waals surface area contributed by atoms with Gasteiger partial charge < -0.3 is 9.84 Å². The molecular formula is C16H16O4. The van der Waals surface area contributed by atoms with E-state index in [-0.39, 0.29) is 17.3 Å². The van der Waals surface area contributed by atoms with Crippen molar-refractivity contribution in [3.05, 3.63) is 35.4 Å². The molecule has 1 heterocycles. The lowest BCUT2D eigenvalue weighted by molar-refractivity contribution is 0.0289. The van der Waals surface area contributed by atoms with Gasteiger partial charge in [0.25, 0.3) is 5.79 Å². The van der Waals surface area contributed by atoms with Crippen LogP contribution in [0.25, 0.3) is 0 Å². The van der Waals surface area contributed by atoms with Gasteiger partial charge in [-0.25, -0.2) is 0 Å². The lowest BCUT2D eigenvalue weighted by atomic mass is 9.69. The summed E-state index contributed by atoms with van der Waals surface area (Å²) in [5.41, 5.74) is -0.632. The van der Waals surface area contributed by atoms with Crippen LogP contribution < -0.4 is 0 Å². The Morgan fingerprint density at radius 3 is 2.25 bits per heavy atom. The van der Waals surface area contributed by atoms with Crippen molar-refractivity contribution in [2.45, 2.75) is 43.5 Å². The lowest BCUT2D eigenvalue weighted by Gasteiger charge is -2.30. The fourth-order valence-corrected chi connectivity index (χ4v) is 3.94. The fraction of sp³-hybridized carbons (Fsp3) is 0.500. The molecule has 1 aromatic carbocycles. The van der Waals surface area contributed by atoms with Gasteiger partial charge in [-0.3, -0.25) is 9.59 Å². The normalized spacial score (nSPS) is 36.5. The molecule has 1 N–H and O–H groups in total. The predicted octanol–water partition coefficient (Wildman–Crippen LogP) is 2.10. The van der Waals surface area contributed by atoms with E-state index in [0.29, 0.717) is 5.56 Å². The minimum absolute atomic E-state index is 0.0499. The zero-order valence-corrected chi connectivity index (χ0v) is 11.1. The Bertz CT molecular complexity index is 617. The third kappa shape index (κ3) is 1.24. The predicted molar refractivity (Wildman–Crippen MR) is 70.4 cm³/mol. The Morgan fingerprint density at radius 1 is 1.00 bits per heavy atom. The number of ketones is 2. The highest BCUT2D eigenvalue weighted by Gasteiger charge is 2.83. The molecule has 2 aliphatic carbocycles. The van der Waals surface area contributed by atoms with E-state index in [2.05, 4.69) is 0 Å². The molecule has 2 fully saturated rings. The van der Waals surface area contributed by atoms with Crippen molar-refractivity contribution in [1.29, 1.82) is 0 Å². The number of Topliss-reactive ketones (excluding diaryl/α,β-unsaturated/α-hetero) is 2. The molecule has 1 aliphatic heterocycles. The van der Waals surface area contributed by atoms with Crippen LogP contribution in [0, 0.1) is 5.92 Å². The van der Waals surface area contributed by atoms with Gasteiger partial charge in [0.15, 0.2) is 5.60 Å². The number of fused-ring (bicyclic) bond motifs is 2. The van der Waals surface area contributed by atoms with Crippen LogP contribution in [0.4, 0.5) is 0 Å².